The van der Waals surface area contributed by atoms with E-state index >= 15 is 0 Å². The second-order valence-electron chi connectivity index (χ2n) is 3.71. The molecule has 2 nitrogen and oxygen atoms in total. The van der Waals surface area contributed by atoms with Crippen LogP contribution in [0.2, 0.25) is 0 Å². The fraction of sp³-hybridized carbons (Fsp3) is 0.143. The smallest absolute Gasteiger partial charge is 1.00 e. The van der Waals surface area contributed by atoms with E-state index in [4.69, 9.17) is 0 Å². The molecule has 2 aromatic carbocycles. The number of hydrogen-bond donors (Lipinski definition) is 2. The van der Waals surface area contributed by atoms with Crippen LogP contribution in [-0.4, -0.2) is 33.3 Å². The summed E-state index contributed by atoms with van der Waals surface area (Å²) in [6.45, 7) is 0. The summed E-state index contributed by atoms with van der Waals surface area (Å²) in [6, 6.07) is 18.3. The van der Waals surface area contributed by atoms with Gasteiger partial charge in [-0.3, -0.25) is 0 Å². The van der Waals surface area contributed by atoms with Gasteiger partial charge in [-0.05, 0) is 11.1 Å². The summed E-state index contributed by atoms with van der Waals surface area (Å²) >= 11 is 0. The molecule has 3 heteroatoms. The van der Waals surface area contributed by atoms with Crippen LogP contribution in [0.3, 0.4) is 0 Å². The van der Waals surface area contributed by atoms with E-state index in [1.807, 2.05) is 36.4 Å². The second kappa shape index (κ2) is 6.76. The van der Waals surface area contributed by atoms with Gasteiger partial charge >= 0.3 is 23.1 Å². The van der Waals surface area contributed by atoms with Crippen molar-refractivity contribution in [3.05, 3.63) is 71.8 Å². The van der Waals surface area contributed by atoms with E-state index in [-0.39, 0.29) is 25.9 Å². The Morgan fingerprint density at radius 3 is 1.24 bits per heavy atom. The topological polar surface area (TPSA) is 40.5 Å². The Bertz CT molecular complexity index is 396. The Morgan fingerprint density at radius 2 is 0.941 bits per heavy atom. The van der Waals surface area contributed by atoms with Crippen molar-refractivity contribution >= 4 is 23.1 Å². The van der Waals surface area contributed by atoms with Crippen molar-refractivity contribution in [2.45, 2.75) is 12.2 Å². The van der Waals surface area contributed by atoms with Crippen molar-refractivity contribution in [3.8, 4) is 0 Å². The van der Waals surface area contributed by atoms with Gasteiger partial charge in [0.15, 0.2) is 0 Å². The number of hydrogen-bond acceptors (Lipinski definition) is 2. The molecule has 0 aliphatic rings. The van der Waals surface area contributed by atoms with Gasteiger partial charge < -0.3 is 13.1 Å². The fourth-order valence-electron chi connectivity index (χ4n) is 1.67. The molecule has 2 rings (SSSR count). The molecule has 0 aromatic heterocycles. The van der Waals surface area contributed by atoms with Crippen molar-refractivity contribution < 1.29 is 13.1 Å². The van der Waals surface area contributed by atoms with Crippen LogP contribution in [0.15, 0.2) is 60.7 Å². The summed E-state index contributed by atoms with van der Waals surface area (Å²) < 4.78 is 0. The predicted octanol–water partition coefficient (Wildman–Crippen LogP) is 2.30. The van der Waals surface area contributed by atoms with E-state index in [1.54, 1.807) is 24.3 Å². The molecular weight excluding hydrogens is 224 g/mol. The summed E-state index contributed by atoms with van der Waals surface area (Å²) in [7, 11) is 0. The average molecular weight is 241 g/mol. The zero-order valence-corrected chi connectivity index (χ0v) is 10.9. The fourth-order valence-corrected chi connectivity index (χ4v) is 1.67. The van der Waals surface area contributed by atoms with Crippen LogP contribution in [0.4, 0.5) is 0 Å². The van der Waals surface area contributed by atoms with Crippen LogP contribution in [0, 0.1) is 0 Å². The van der Waals surface area contributed by atoms with E-state index in [0.29, 0.717) is 0 Å². The normalized spacial score (nSPS) is 13.5. The summed E-state index contributed by atoms with van der Waals surface area (Å²) in [5, 5.41) is 20.0. The molecule has 0 heterocycles. The Labute approximate surface area is 120 Å². The van der Waals surface area contributed by atoms with E-state index in [0.717, 1.165) is 11.1 Å². The van der Waals surface area contributed by atoms with Gasteiger partial charge in [0.05, 0.1) is 0 Å². The largest absolute Gasteiger partial charge is 2.00 e. The molecule has 2 atom stereocenters. The first-order chi connectivity index (χ1) is 7.79. The van der Waals surface area contributed by atoms with Gasteiger partial charge in [0.25, 0.3) is 0 Å². The molecule has 17 heavy (non-hydrogen) atoms. The number of benzene rings is 2. The van der Waals surface area contributed by atoms with Gasteiger partial charge in [-0.15, -0.1) is 0 Å². The van der Waals surface area contributed by atoms with Crippen molar-refractivity contribution in [2.75, 3.05) is 0 Å². The van der Waals surface area contributed by atoms with Crippen molar-refractivity contribution in [1.82, 2.24) is 0 Å². The predicted molar refractivity (Wildman–Crippen MR) is 70.8 cm³/mol. The molecule has 0 saturated heterocycles. The van der Waals surface area contributed by atoms with Gasteiger partial charge in [-0.25, -0.2) is 0 Å². The standard InChI is InChI=1S/C14H14O2.Mg.2H/c15-13(11-7-3-1-4-8-11)14(16)12-9-5-2-6-10-12;;;/h1-10,13-16H;;;/q;+2;2*-1. The molecule has 0 saturated carbocycles. The van der Waals surface area contributed by atoms with Crippen molar-refractivity contribution in [3.63, 3.8) is 0 Å². The molecule has 2 unspecified atom stereocenters. The molecule has 2 aromatic rings. The zero-order valence-electron chi connectivity index (χ0n) is 11.5. The molecule has 0 aliphatic heterocycles. The summed E-state index contributed by atoms with van der Waals surface area (Å²) in [6.07, 6.45) is -1.77. The molecule has 2 N–H and O–H groups in total. The molecule has 0 spiro atoms. The summed E-state index contributed by atoms with van der Waals surface area (Å²) in [4.78, 5) is 0. The van der Waals surface area contributed by atoms with Crippen LogP contribution in [-0.2, 0) is 0 Å². The molecule has 0 aliphatic carbocycles. The third kappa shape index (κ3) is 3.54. The minimum Gasteiger partial charge on any atom is -1.00 e. The molecule has 0 amide bonds. The number of rotatable bonds is 3. The zero-order chi connectivity index (χ0) is 11.4. The number of aliphatic hydroxyl groups is 2. The van der Waals surface area contributed by atoms with Crippen LogP contribution in [0.25, 0.3) is 0 Å². The first kappa shape index (κ1) is 14.2. The first-order valence-electron chi connectivity index (χ1n) is 5.25. The summed E-state index contributed by atoms with van der Waals surface area (Å²) in [5.74, 6) is 0. The van der Waals surface area contributed by atoms with Crippen LogP contribution >= 0.6 is 0 Å². The van der Waals surface area contributed by atoms with Gasteiger partial charge in [-0.2, -0.15) is 0 Å². The Morgan fingerprint density at radius 1 is 0.647 bits per heavy atom. The third-order valence-corrected chi connectivity index (χ3v) is 2.58. The van der Waals surface area contributed by atoms with Crippen molar-refractivity contribution in [1.29, 1.82) is 0 Å². The van der Waals surface area contributed by atoms with Gasteiger partial charge in [0.1, 0.15) is 12.2 Å². The quantitative estimate of drug-likeness (QED) is 0.809. The van der Waals surface area contributed by atoms with Crippen LogP contribution < -0.4 is 0 Å². The van der Waals surface area contributed by atoms with E-state index in [9.17, 15) is 10.2 Å². The molecule has 0 radical (unpaired) electrons. The molecular formula is C14H16MgO2. The van der Waals surface area contributed by atoms with Gasteiger partial charge in [0, 0.05) is 0 Å². The molecule has 0 bridgehead atoms. The maximum atomic E-state index is 9.99. The van der Waals surface area contributed by atoms with Gasteiger partial charge in [0.2, 0.25) is 0 Å². The monoisotopic (exact) mass is 240 g/mol. The van der Waals surface area contributed by atoms with E-state index in [2.05, 4.69) is 0 Å². The molecule has 0 fully saturated rings. The maximum Gasteiger partial charge on any atom is 2.00 e. The van der Waals surface area contributed by atoms with E-state index in [1.165, 1.54) is 0 Å². The molecule has 86 valence electrons. The Hall–Kier alpha value is -0.874. The first-order valence-corrected chi connectivity index (χ1v) is 5.25. The minimum absolute atomic E-state index is 0. The summed E-state index contributed by atoms with van der Waals surface area (Å²) in [5.41, 5.74) is 1.44. The SMILES string of the molecule is OC(c1ccccc1)C(O)c1ccccc1.[H-].[H-].[Mg+2]. The maximum absolute atomic E-state index is 9.99. The Kier molecular flexibility index (Phi) is 5.64. The minimum atomic E-state index is -0.886. The van der Waals surface area contributed by atoms with Crippen LogP contribution in [0.1, 0.15) is 26.2 Å². The van der Waals surface area contributed by atoms with Gasteiger partial charge in [-0.1, -0.05) is 60.7 Å². The van der Waals surface area contributed by atoms with Crippen LogP contribution in [0.5, 0.6) is 0 Å². The third-order valence-electron chi connectivity index (χ3n) is 2.58. The Balaban J connectivity index is 0. The van der Waals surface area contributed by atoms with E-state index < -0.39 is 12.2 Å². The average Bonchev–Trinajstić information content (AvgIpc) is 2.39. The second-order valence-corrected chi connectivity index (χ2v) is 3.71. The van der Waals surface area contributed by atoms with Crippen molar-refractivity contribution in [2.24, 2.45) is 0 Å². The number of aliphatic hydroxyl groups excluding tert-OH is 2.